The zero-order chi connectivity index (χ0) is 14.7. The van der Waals surface area contributed by atoms with Gasteiger partial charge in [0.2, 0.25) is 0 Å². The van der Waals surface area contributed by atoms with Crippen LogP contribution in [0.3, 0.4) is 0 Å². The van der Waals surface area contributed by atoms with E-state index in [-0.39, 0.29) is 11.3 Å². The molecular weight excluding hydrogens is 278 g/mol. The number of hydrogen-bond acceptors (Lipinski definition) is 4. The molecule has 2 N–H and O–H groups in total. The van der Waals surface area contributed by atoms with Crippen LogP contribution in [0.1, 0.15) is 15.9 Å². The van der Waals surface area contributed by atoms with E-state index in [4.69, 9.17) is 26.8 Å². The van der Waals surface area contributed by atoms with Crippen molar-refractivity contribution in [1.29, 1.82) is 0 Å². The molecule has 0 aliphatic carbocycles. The summed E-state index contributed by atoms with van der Waals surface area (Å²) in [7, 11) is 1.31. The first-order chi connectivity index (χ1) is 9.52. The third kappa shape index (κ3) is 2.86. The highest BCUT2D eigenvalue weighted by atomic mass is 35.5. The van der Waals surface area contributed by atoms with E-state index in [2.05, 4.69) is 0 Å². The van der Waals surface area contributed by atoms with Gasteiger partial charge in [-0.05, 0) is 42.8 Å². The molecule has 0 saturated heterocycles. The molecule has 0 unspecified atom stereocenters. The van der Waals surface area contributed by atoms with Crippen molar-refractivity contribution in [2.75, 3.05) is 12.8 Å². The van der Waals surface area contributed by atoms with Gasteiger partial charge >= 0.3 is 5.97 Å². The normalized spacial score (nSPS) is 10.2. The van der Waals surface area contributed by atoms with Crippen LogP contribution >= 0.6 is 11.6 Å². The Morgan fingerprint density at radius 1 is 1.25 bits per heavy atom. The predicted molar refractivity (Wildman–Crippen MR) is 78.5 cm³/mol. The quantitative estimate of drug-likeness (QED) is 0.690. The van der Waals surface area contributed by atoms with Gasteiger partial charge in [0.25, 0.3) is 0 Å². The molecule has 0 radical (unpaired) electrons. The maximum Gasteiger partial charge on any atom is 0.341 e. The molecule has 20 heavy (non-hydrogen) atoms. The molecule has 4 nitrogen and oxygen atoms in total. The van der Waals surface area contributed by atoms with Gasteiger partial charge in [-0.2, -0.15) is 0 Å². The number of benzene rings is 2. The van der Waals surface area contributed by atoms with Gasteiger partial charge in [0.05, 0.1) is 12.8 Å². The van der Waals surface area contributed by atoms with Crippen molar-refractivity contribution in [3.63, 3.8) is 0 Å². The Hall–Kier alpha value is -2.20. The summed E-state index contributed by atoms with van der Waals surface area (Å²) in [5, 5.41) is 0.645. The maximum atomic E-state index is 11.7. The van der Waals surface area contributed by atoms with Crippen LogP contribution in [0.4, 0.5) is 5.69 Å². The van der Waals surface area contributed by atoms with Crippen molar-refractivity contribution in [2.24, 2.45) is 0 Å². The summed E-state index contributed by atoms with van der Waals surface area (Å²) in [5.41, 5.74) is 7.38. The number of carbonyl (C=O) groups is 1. The zero-order valence-corrected chi connectivity index (χ0v) is 11.9. The third-order valence-electron chi connectivity index (χ3n) is 2.80. The van der Waals surface area contributed by atoms with Gasteiger partial charge in [-0.15, -0.1) is 0 Å². The van der Waals surface area contributed by atoms with E-state index in [0.717, 1.165) is 5.56 Å². The molecule has 2 aromatic rings. The molecule has 0 fully saturated rings. The number of carbonyl (C=O) groups excluding carboxylic acids is 1. The topological polar surface area (TPSA) is 61.5 Å². The average Bonchev–Trinajstić information content (AvgIpc) is 2.44. The Morgan fingerprint density at radius 2 is 2.00 bits per heavy atom. The Morgan fingerprint density at radius 3 is 2.65 bits per heavy atom. The number of nitrogens with two attached hydrogens (primary N) is 1. The van der Waals surface area contributed by atoms with Crippen LogP contribution in [0.25, 0.3) is 0 Å². The Kier molecular flexibility index (Phi) is 4.15. The molecule has 0 saturated carbocycles. The SMILES string of the molecule is COC(=O)c1cccc(N)c1Oc1ccc(Cl)c(C)c1. The first-order valence-electron chi connectivity index (χ1n) is 5.93. The lowest BCUT2D eigenvalue weighted by molar-refractivity contribution is 0.0598. The minimum atomic E-state index is -0.502. The number of anilines is 1. The fraction of sp³-hybridized carbons (Fsp3) is 0.133. The van der Waals surface area contributed by atoms with Gasteiger partial charge in [0.1, 0.15) is 11.3 Å². The molecule has 0 heterocycles. The van der Waals surface area contributed by atoms with E-state index in [9.17, 15) is 4.79 Å². The number of halogens is 1. The van der Waals surface area contributed by atoms with Crippen LogP contribution in [0, 0.1) is 6.92 Å². The minimum Gasteiger partial charge on any atom is -0.465 e. The molecule has 0 bridgehead atoms. The van der Waals surface area contributed by atoms with E-state index >= 15 is 0 Å². The number of rotatable bonds is 3. The molecule has 0 aliphatic rings. The second-order valence-corrected chi connectivity index (χ2v) is 4.64. The number of methoxy groups -OCH3 is 1. The summed E-state index contributed by atoms with van der Waals surface area (Å²) in [4.78, 5) is 11.7. The standard InChI is InChI=1S/C15H14ClNO3/c1-9-8-10(6-7-12(9)16)20-14-11(15(18)19-2)4-3-5-13(14)17/h3-8H,17H2,1-2H3. The van der Waals surface area contributed by atoms with Crippen LogP contribution in [0.15, 0.2) is 36.4 Å². The molecule has 0 aliphatic heterocycles. The minimum absolute atomic E-state index is 0.278. The van der Waals surface area contributed by atoms with Gasteiger partial charge in [0, 0.05) is 5.02 Å². The van der Waals surface area contributed by atoms with Gasteiger partial charge in [-0.3, -0.25) is 0 Å². The second kappa shape index (κ2) is 5.84. The van der Waals surface area contributed by atoms with E-state index in [1.807, 2.05) is 6.92 Å². The number of para-hydroxylation sites is 1. The lowest BCUT2D eigenvalue weighted by Gasteiger charge is -2.13. The summed E-state index contributed by atoms with van der Waals surface area (Å²) >= 11 is 5.96. The molecule has 2 rings (SSSR count). The first kappa shape index (κ1) is 14.2. The predicted octanol–water partition coefficient (Wildman–Crippen LogP) is 3.81. The van der Waals surface area contributed by atoms with Crippen molar-refractivity contribution in [3.8, 4) is 11.5 Å². The van der Waals surface area contributed by atoms with Crippen molar-refractivity contribution in [1.82, 2.24) is 0 Å². The highest BCUT2D eigenvalue weighted by molar-refractivity contribution is 6.31. The number of ether oxygens (including phenoxy) is 2. The van der Waals surface area contributed by atoms with Gasteiger partial charge in [-0.1, -0.05) is 17.7 Å². The second-order valence-electron chi connectivity index (χ2n) is 4.23. The fourth-order valence-electron chi connectivity index (χ4n) is 1.74. The van der Waals surface area contributed by atoms with Crippen molar-refractivity contribution >= 4 is 23.3 Å². The van der Waals surface area contributed by atoms with E-state index in [1.54, 1.807) is 36.4 Å². The van der Waals surface area contributed by atoms with E-state index in [1.165, 1.54) is 7.11 Å². The summed E-state index contributed by atoms with van der Waals surface area (Å²) in [6.07, 6.45) is 0. The van der Waals surface area contributed by atoms with Crippen LogP contribution in [0.5, 0.6) is 11.5 Å². The summed E-state index contributed by atoms with van der Waals surface area (Å²) in [6, 6.07) is 10.1. The molecular formula is C15H14ClNO3. The Balaban J connectivity index is 2.42. The largest absolute Gasteiger partial charge is 0.465 e. The van der Waals surface area contributed by atoms with Crippen LogP contribution in [-0.2, 0) is 4.74 Å². The summed E-state index contributed by atoms with van der Waals surface area (Å²) in [6.45, 7) is 1.87. The van der Waals surface area contributed by atoms with Gasteiger partial charge in [0.15, 0.2) is 5.75 Å². The Labute approximate surface area is 122 Å². The van der Waals surface area contributed by atoms with Gasteiger partial charge in [-0.25, -0.2) is 4.79 Å². The monoisotopic (exact) mass is 291 g/mol. The van der Waals surface area contributed by atoms with Crippen molar-refractivity contribution in [2.45, 2.75) is 6.92 Å². The first-order valence-corrected chi connectivity index (χ1v) is 6.31. The molecule has 0 atom stereocenters. The molecule has 0 aromatic heterocycles. The highest BCUT2D eigenvalue weighted by Gasteiger charge is 2.16. The smallest absolute Gasteiger partial charge is 0.341 e. The number of nitrogen functional groups attached to an aromatic ring is 1. The lowest BCUT2D eigenvalue weighted by atomic mass is 10.1. The lowest BCUT2D eigenvalue weighted by Crippen LogP contribution is -2.05. The van der Waals surface area contributed by atoms with Crippen LogP contribution in [-0.4, -0.2) is 13.1 Å². The molecule has 0 spiro atoms. The summed E-state index contributed by atoms with van der Waals surface area (Å²) in [5.74, 6) is 0.328. The van der Waals surface area contributed by atoms with Gasteiger partial charge < -0.3 is 15.2 Å². The number of hydrogen-bond donors (Lipinski definition) is 1. The molecule has 5 heteroatoms. The van der Waals surface area contributed by atoms with Crippen LogP contribution < -0.4 is 10.5 Å². The molecule has 0 amide bonds. The maximum absolute atomic E-state index is 11.7. The fourth-order valence-corrected chi connectivity index (χ4v) is 1.86. The third-order valence-corrected chi connectivity index (χ3v) is 3.22. The van der Waals surface area contributed by atoms with E-state index < -0.39 is 5.97 Å². The van der Waals surface area contributed by atoms with Crippen LogP contribution in [0.2, 0.25) is 5.02 Å². The summed E-state index contributed by atoms with van der Waals surface area (Å²) < 4.78 is 10.4. The van der Waals surface area contributed by atoms with E-state index in [0.29, 0.717) is 16.5 Å². The number of esters is 1. The van der Waals surface area contributed by atoms with Crippen molar-refractivity contribution in [3.05, 3.63) is 52.5 Å². The Bertz CT molecular complexity index is 656. The van der Waals surface area contributed by atoms with Crippen molar-refractivity contribution < 1.29 is 14.3 Å². The highest BCUT2D eigenvalue weighted by Crippen LogP contribution is 2.33. The number of aryl methyl sites for hydroxylation is 1. The molecule has 2 aromatic carbocycles. The average molecular weight is 292 g/mol. The zero-order valence-electron chi connectivity index (χ0n) is 11.1. The molecule has 104 valence electrons.